The van der Waals surface area contributed by atoms with Crippen LogP contribution in [0, 0.1) is 0 Å². The molecule has 22 nitrogen and oxygen atoms in total. The average molecular weight is 1390 g/mol. The number of piperazine rings is 1. The lowest BCUT2D eigenvalue weighted by atomic mass is 9.87. The molecule has 3 fully saturated rings. The molecule has 27 heteroatoms. The molecule has 5 aromatic heterocycles. The molecular formula is C68H78Cl4N16O6S. The summed E-state index contributed by atoms with van der Waals surface area (Å²) in [7, 11) is -1.66. The number of nitrogens with one attached hydrogen (secondary N) is 6. The number of hydrogen-bond donors (Lipinski definition) is 8. The highest BCUT2D eigenvalue weighted by molar-refractivity contribution is 7.92. The number of carbonyl (C=O) groups excluding carboxylic acids is 2. The molecule has 8 heterocycles. The summed E-state index contributed by atoms with van der Waals surface area (Å²) < 4.78 is 25.6. The van der Waals surface area contributed by atoms with Gasteiger partial charge in [-0.25, -0.2) is 13.2 Å². The summed E-state index contributed by atoms with van der Waals surface area (Å²) in [6, 6.07) is 27.0. The van der Waals surface area contributed by atoms with Crippen LogP contribution in [0.5, 0.6) is 0 Å². The molecule has 1 aliphatic carbocycles. The third kappa shape index (κ3) is 15.4. The van der Waals surface area contributed by atoms with Crippen LogP contribution in [0.15, 0.2) is 116 Å². The SMILES string of the molecule is CC(=O)N1CCN(c2cc(C3CCCC3)cc3[nH]ncc23)CC1(C)C.CC(O)c1cc(Cl)cc2[nH]ncc12.CNC(=O)N1CCC(c2cc(Cl)cc3[nH]ncc23)CC1.CS(=O)(=O)N1CCN(c2cc(Cl)cc3[nH]ncc23)c2ccccc21.OCCc1cc(Cl)cc2[nH]ncc12. The van der Waals surface area contributed by atoms with Gasteiger partial charge in [0.2, 0.25) is 15.9 Å². The maximum absolute atomic E-state index is 12.1. The number of nitrogens with zero attached hydrogens (tertiary/aromatic N) is 10. The fourth-order valence-corrected chi connectivity index (χ4v) is 15.5. The van der Waals surface area contributed by atoms with Gasteiger partial charge in [0.05, 0.1) is 100 Å². The third-order valence-electron chi connectivity index (χ3n) is 18.2. The number of carbonyl (C=O) groups is 2. The number of aliphatic hydroxyl groups excluding tert-OH is 2. The molecule has 2 saturated heterocycles. The number of amides is 3. The summed E-state index contributed by atoms with van der Waals surface area (Å²) in [5, 5.41) is 63.8. The normalized spacial score (nSPS) is 16.2. The van der Waals surface area contributed by atoms with E-state index in [1.165, 1.54) is 58.4 Å². The largest absolute Gasteiger partial charge is 0.396 e. The van der Waals surface area contributed by atoms with Crippen molar-refractivity contribution in [3.05, 3.63) is 158 Å². The van der Waals surface area contributed by atoms with Crippen molar-refractivity contribution in [3.8, 4) is 0 Å². The van der Waals surface area contributed by atoms with Gasteiger partial charge in [-0.15, -0.1) is 0 Å². The molecule has 500 valence electrons. The number of likely N-dealkylation sites (tertiary alicyclic amines) is 1. The fourth-order valence-electron chi connectivity index (χ4n) is 13.6. The van der Waals surface area contributed by atoms with E-state index in [2.05, 4.69) is 92.1 Å². The Bertz CT molecular complexity index is 4630. The van der Waals surface area contributed by atoms with Gasteiger partial charge in [-0.2, -0.15) is 25.5 Å². The summed E-state index contributed by atoms with van der Waals surface area (Å²) in [4.78, 5) is 31.9. The van der Waals surface area contributed by atoms with Crippen molar-refractivity contribution in [1.82, 2.24) is 66.1 Å². The average Bonchev–Trinajstić information content (AvgIpc) is 1.41. The zero-order valence-electron chi connectivity index (χ0n) is 53.7. The highest BCUT2D eigenvalue weighted by Crippen LogP contribution is 2.43. The van der Waals surface area contributed by atoms with Gasteiger partial charge < -0.3 is 35.1 Å². The molecule has 4 aliphatic rings. The van der Waals surface area contributed by atoms with E-state index in [1.807, 2.05) is 82.9 Å². The second-order valence-corrected chi connectivity index (χ2v) is 28.7. The molecule has 11 aromatic rings. The minimum absolute atomic E-state index is 0.00278. The predicted molar refractivity (Wildman–Crippen MR) is 380 cm³/mol. The number of hydrogen-bond acceptors (Lipinski definition) is 13. The number of aliphatic hydroxyl groups is 2. The zero-order chi connectivity index (χ0) is 67.3. The van der Waals surface area contributed by atoms with Crippen molar-refractivity contribution < 1.29 is 28.2 Å². The molecule has 95 heavy (non-hydrogen) atoms. The summed E-state index contributed by atoms with van der Waals surface area (Å²) in [5.74, 6) is 1.27. The second kappa shape index (κ2) is 29.5. The van der Waals surface area contributed by atoms with E-state index < -0.39 is 16.1 Å². The highest BCUT2D eigenvalue weighted by Gasteiger charge is 2.37. The quantitative estimate of drug-likeness (QED) is 0.0703. The predicted octanol–water partition coefficient (Wildman–Crippen LogP) is 13.6. The van der Waals surface area contributed by atoms with Crippen LogP contribution in [0.2, 0.25) is 20.1 Å². The molecule has 15 rings (SSSR count). The second-order valence-electron chi connectivity index (χ2n) is 25.0. The topological polar surface area (TPSA) is 280 Å². The lowest BCUT2D eigenvalue weighted by Crippen LogP contribution is -2.60. The lowest BCUT2D eigenvalue weighted by molar-refractivity contribution is -0.134. The number of benzene rings is 6. The molecule has 3 aliphatic heterocycles. The van der Waals surface area contributed by atoms with Crippen molar-refractivity contribution in [2.45, 2.75) is 96.1 Å². The Morgan fingerprint density at radius 2 is 1.15 bits per heavy atom. The Morgan fingerprint density at radius 3 is 1.74 bits per heavy atom. The van der Waals surface area contributed by atoms with Crippen LogP contribution < -0.4 is 19.4 Å². The van der Waals surface area contributed by atoms with Gasteiger partial charge in [0.1, 0.15) is 0 Å². The van der Waals surface area contributed by atoms with Gasteiger partial charge in [0.25, 0.3) is 0 Å². The van der Waals surface area contributed by atoms with Crippen LogP contribution in [0.25, 0.3) is 54.5 Å². The highest BCUT2D eigenvalue weighted by atomic mass is 35.5. The van der Waals surface area contributed by atoms with E-state index in [0.717, 1.165) is 122 Å². The molecule has 0 spiro atoms. The minimum atomic E-state index is -3.32. The number of rotatable bonds is 8. The van der Waals surface area contributed by atoms with Crippen LogP contribution in [0.4, 0.5) is 27.5 Å². The van der Waals surface area contributed by atoms with Gasteiger partial charge in [-0.1, -0.05) is 71.4 Å². The molecule has 1 unspecified atom stereocenters. The molecule has 0 bridgehead atoms. The van der Waals surface area contributed by atoms with E-state index in [-0.39, 0.29) is 24.1 Å². The Hall–Kier alpha value is -8.16. The number of fused-ring (bicyclic) bond motifs is 6. The number of sulfonamides is 1. The first-order chi connectivity index (χ1) is 45.6. The van der Waals surface area contributed by atoms with Crippen LogP contribution in [-0.4, -0.2) is 163 Å². The lowest BCUT2D eigenvalue weighted by Gasteiger charge is -2.47. The van der Waals surface area contributed by atoms with Gasteiger partial charge >= 0.3 is 6.03 Å². The molecule has 3 amide bonds. The maximum atomic E-state index is 12.1. The van der Waals surface area contributed by atoms with Crippen molar-refractivity contribution in [1.29, 1.82) is 0 Å². The smallest absolute Gasteiger partial charge is 0.317 e. The number of piperidine rings is 1. The minimum Gasteiger partial charge on any atom is -0.396 e. The number of aromatic nitrogens is 10. The fraction of sp³-hybridized carbons (Fsp3) is 0.368. The number of anilines is 4. The summed E-state index contributed by atoms with van der Waals surface area (Å²) in [6.45, 7) is 12.8. The van der Waals surface area contributed by atoms with Crippen molar-refractivity contribution in [2.75, 3.05) is 79.8 Å². The van der Waals surface area contributed by atoms with E-state index in [9.17, 15) is 23.1 Å². The summed E-state index contributed by atoms with van der Waals surface area (Å²) >= 11 is 24.2. The summed E-state index contributed by atoms with van der Waals surface area (Å²) in [5.41, 5.74) is 12.7. The van der Waals surface area contributed by atoms with Crippen molar-refractivity contribution >= 4 is 146 Å². The van der Waals surface area contributed by atoms with E-state index in [0.29, 0.717) is 52.1 Å². The Kier molecular flexibility index (Phi) is 21.2. The molecule has 1 atom stereocenters. The first-order valence-electron chi connectivity index (χ1n) is 31.7. The first-order valence-corrected chi connectivity index (χ1v) is 35.0. The van der Waals surface area contributed by atoms with Gasteiger partial charge in [-0.3, -0.25) is 34.6 Å². The summed E-state index contributed by atoms with van der Waals surface area (Å²) in [6.07, 6.45) is 17.5. The Labute approximate surface area is 570 Å². The van der Waals surface area contributed by atoms with Crippen LogP contribution in [-0.2, 0) is 21.2 Å². The van der Waals surface area contributed by atoms with Crippen LogP contribution in [0.3, 0.4) is 0 Å². The third-order valence-corrected chi connectivity index (χ3v) is 20.2. The Morgan fingerprint density at radius 1 is 0.621 bits per heavy atom. The number of urea groups is 1. The maximum Gasteiger partial charge on any atom is 0.317 e. The van der Waals surface area contributed by atoms with Gasteiger partial charge in [-0.05, 0) is 160 Å². The number of halogens is 4. The van der Waals surface area contributed by atoms with Gasteiger partial charge in [0, 0.05) is 113 Å². The Balaban J connectivity index is 0.000000124. The molecule has 8 N–H and O–H groups in total. The molecule has 6 aromatic carbocycles. The van der Waals surface area contributed by atoms with Crippen LogP contribution in [0.1, 0.15) is 106 Å². The standard InChI is InChI=1S/C20H28N4O.C16H15ClN4O2S.C14H17ClN4O.2C9H9ClN2O/c1-14(25)24-9-8-23(13-20(24,2)3)19-11-16(15-6-4-5-7-15)10-18-17(19)12-21-22-18;1-24(22,23)21-7-6-20(14-4-2-3-5-15(14)21)16-9-11(17)8-13-12(16)10-18-19-13;1-16-14(20)19-4-2-9(3-5-19)11-6-10(15)7-13-12(11)8-17-18-13;1-5(13)7-2-6(10)3-9-8(7)4-11-12-9;10-7-3-6(1-2-13)8-5-11-12-9(8)4-7/h10-12,15H,4-9,13H2,1-3H3,(H,21,22);2-5,8-10H,6-7H2,1H3,(H,18,19);6-9H,2-5H2,1H3,(H,16,20)(H,17,18);2-5,13H,1H3,(H,11,12);3-5,13H,1-2H2,(H,11,12). The van der Waals surface area contributed by atoms with E-state index in [1.54, 1.807) is 51.6 Å². The number of H-pyrrole nitrogens is 5. The monoisotopic (exact) mass is 1390 g/mol. The number of aromatic amines is 5. The van der Waals surface area contributed by atoms with E-state index in [4.69, 9.17) is 51.5 Å². The molecule has 0 radical (unpaired) electrons. The van der Waals surface area contributed by atoms with Crippen molar-refractivity contribution in [2.24, 2.45) is 0 Å². The van der Waals surface area contributed by atoms with Crippen LogP contribution >= 0.6 is 46.4 Å². The van der Waals surface area contributed by atoms with Crippen molar-refractivity contribution in [3.63, 3.8) is 0 Å². The molecular weight excluding hydrogens is 1310 g/mol. The zero-order valence-corrected chi connectivity index (χ0v) is 57.6. The van der Waals surface area contributed by atoms with E-state index >= 15 is 0 Å². The molecule has 1 saturated carbocycles. The first kappa shape index (κ1) is 68.2. The van der Waals surface area contributed by atoms with Gasteiger partial charge in [0.15, 0.2) is 0 Å². The number of para-hydroxylation sites is 2.